The van der Waals surface area contributed by atoms with Crippen molar-refractivity contribution >= 4 is 14.2 Å². The van der Waals surface area contributed by atoms with Crippen molar-refractivity contribution < 1.29 is 24.3 Å². The summed E-state index contributed by atoms with van der Waals surface area (Å²) in [5, 5.41) is 7.42. The molecule has 0 fully saturated rings. The molecule has 1 aromatic heterocycles. The number of carboxylic acid groups (broad SMARTS) is 1. The standard InChI is InChI=1S/C4H4N2.C2H4O2.H3O3P/c1-2-5-4-6-3-1;1-2(3)4;1-4(2)3/h1-4H;1H3,(H,3,4);4H,(H2,1,2,3). The fraction of sp³-hybridized carbons (Fsp3) is 0.167. The first-order valence-electron chi connectivity index (χ1n) is 3.28. The highest BCUT2D eigenvalue weighted by atomic mass is 31.1. The third-order valence-corrected chi connectivity index (χ3v) is 0.478. The van der Waals surface area contributed by atoms with Crippen LogP contribution >= 0.6 is 8.25 Å². The van der Waals surface area contributed by atoms with E-state index in [1.54, 1.807) is 18.5 Å². The Morgan fingerprint density at radius 1 is 1.29 bits per heavy atom. The quantitative estimate of drug-likeness (QED) is 0.525. The molecule has 1 heterocycles. The molecular weight excluding hydrogens is 211 g/mol. The lowest BCUT2D eigenvalue weighted by Crippen LogP contribution is -1.78. The van der Waals surface area contributed by atoms with Gasteiger partial charge in [0, 0.05) is 19.3 Å². The Morgan fingerprint density at radius 3 is 1.64 bits per heavy atom. The molecule has 0 amide bonds. The van der Waals surface area contributed by atoms with Crippen LogP contribution in [0.15, 0.2) is 24.8 Å². The second-order valence-corrected chi connectivity index (χ2v) is 2.27. The van der Waals surface area contributed by atoms with Gasteiger partial charge >= 0.3 is 8.25 Å². The molecule has 14 heavy (non-hydrogen) atoms. The van der Waals surface area contributed by atoms with Gasteiger partial charge in [-0.25, -0.2) is 9.97 Å². The number of carboxylic acids is 1. The van der Waals surface area contributed by atoms with Crippen molar-refractivity contribution in [3.05, 3.63) is 24.8 Å². The number of rotatable bonds is 0. The van der Waals surface area contributed by atoms with Crippen molar-refractivity contribution in [3.8, 4) is 0 Å². The van der Waals surface area contributed by atoms with Crippen LogP contribution in [0.1, 0.15) is 6.92 Å². The summed E-state index contributed by atoms with van der Waals surface area (Å²) in [6, 6.07) is 1.78. The Kier molecular flexibility index (Phi) is 12.7. The summed E-state index contributed by atoms with van der Waals surface area (Å²) in [5.41, 5.74) is 0. The van der Waals surface area contributed by atoms with E-state index in [4.69, 9.17) is 24.3 Å². The van der Waals surface area contributed by atoms with E-state index in [0.717, 1.165) is 6.92 Å². The third kappa shape index (κ3) is 45.6. The molecule has 3 N–H and O–H groups in total. The van der Waals surface area contributed by atoms with E-state index in [-0.39, 0.29) is 0 Å². The lowest BCUT2D eigenvalue weighted by atomic mass is 10.7. The van der Waals surface area contributed by atoms with E-state index in [0.29, 0.717) is 0 Å². The molecule has 0 aliphatic rings. The predicted octanol–water partition coefficient (Wildman–Crippen LogP) is -0.0718. The molecule has 0 radical (unpaired) electrons. The molecule has 80 valence electrons. The van der Waals surface area contributed by atoms with Gasteiger partial charge in [-0.15, -0.1) is 0 Å². The fourth-order valence-corrected chi connectivity index (χ4v) is 0.253. The molecular formula is C6H11N2O5P. The topological polar surface area (TPSA) is 121 Å². The second-order valence-electron chi connectivity index (χ2n) is 1.71. The first kappa shape index (κ1) is 15.2. The lowest BCUT2D eigenvalue weighted by molar-refractivity contribution is -0.134. The van der Waals surface area contributed by atoms with E-state index in [2.05, 4.69) is 9.97 Å². The van der Waals surface area contributed by atoms with E-state index in [1.165, 1.54) is 6.33 Å². The summed E-state index contributed by atoms with van der Waals surface area (Å²) >= 11 is 0. The van der Waals surface area contributed by atoms with Crippen molar-refractivity contribution in [2.45, 2.75) is 6.92 Å². The molecule has 7 nitrogen and oxygen atoms in total. The fourth-order valence-electron chi connectivity index (χ4n) is 0.253. The Bertz CT molecular complexity index is 209. The van der Waals surface area contributed by atoms with Gasteiger partial charge in [0.15, 0.2) is 0 Å². The minimum Gasteiger partial charge on any atom is -0.481 e. The van der Waals surface area contributed by atoms with E-state index < -0.39 is 14.2 Å². The molecule has 0 spiro atoms. The van der Waals surface area contributed by atoms with Gasteiger partial charge in [-0.2, -0.15) is 0 Å². The second kappa shape index (κ2) is 11.7. The summed E-state index contributed by atoms with van der Waals surface area (Å²) in [5.74, 6) is -0.833. The zero-order valence-electron chi connectivity index (χ0n) is 7.36. The maximum atomic E-state index is 9.00. The van der Waals surface area contributed by atoms with Gasteiger partial charge < -0.3 is 14.9 Å². The molecule has 0 aliphatic carbocycles. The smallest absolute Gasteiger partial charge is 0.314 e. The van der Waals surface area contributed by atoms with Gasteiger partial charge in [-0.1, -0.05) is 0 Å². The van der Waals surface area contributed by atoms with Gasteiger partial charge in [0.1, 0.15) is 6.33 Å². The van der Waals surface area contributed by atoms with Gasteiger partial charge in [0.2, 0.25) is 0 Å². The number of carbonyl (C=O) groups is 1. The van der Waals surface area contributed by atoms with Crippen LogP contribution in [0, 0.1) is 0 Å². The van der Waals surface area contributed by atoms with Gasteiger partial charge in [-0.3, -0.25) is 9.36 Å². The Morgan fingerprint density at radius 2 is 1.57 bits per heavy atom. The van der Waals surface area contributed by atoms with Crippen molar-refractivity contribution in [2.24, 2.45) is 0 Å². The monoisotopic (exact) mass is 222 g/mol. The number of nitrogens with zero attached hydrogens (tertiary/aromatic N) is 2. The summed E-state index contributed by atoms with van der Waals surface area (Å²) in [6.07, 6.45) is 4.88. The zero-order chi connectivity index (χ0) is 11.4. The van der Waals surface area contributed by atoms with Crippen LogP contribution in [0.3, 0.4) is 0 Å². The van der Waals surface area contributed by atoms with Crippen LogP contribution < -0.4 is 0 Å². The summed E-state index contributed by atoms with van der Waals surface area (Å²) in [7, 11) is -3.13. The number of aromatic nitrogens is 2. The molecule has 8 heteroatoms. The minimum atomic E-state index is -3.13. The van der Waals surface area contributed by atoms with Crippen LogP contribution in [0.25, 0.3) is 0 Å². The van der Waals surface area contributed by atoms with Gasteiger partial charge in [0.25, 0.3) is 5.97 Å². The van der Waals surface area contributed by atoms with Crippen molar-refractivity contribution in [1.82, 2.24) is 9.97 Å². The third-order valence-electron chi connectivity index (χ3n) is 0.478. The average molecular weight is 222 g/mol. The highest BCUT2D eigenvalue weighted by Crippen LogP contribution is 1.98. The number of hydrogen-bond acceptors (Lipinski definition) is 4. The van der Waals surface area contributed by atoms with Gasteiger partial charge in [0.05, 0.1) is 0 Å². The van der Waals surface area contributed by atoms with E-state index in [9.17, 15) is 0 Å². The SMILES string of the molecule is CC(=O)O.O=[PH](O)O.c1cncnc1. The molecule has 0 aliphatic heterocycles. The molecule has 1 rings (SSSR count). The van der Waals surface area contributed by atoms with Crippen molar-refractivity contribution in [2.75, 3.05) is 0 Å². The van der Waals surface area contributed by atoms with Crippen LogP contribution in [0.4, 0.5) is 0 Å². The highest BCUT2D eigenvalue weighted by Gasteiger charge is 1.65. The first-order valence-corrected chi connectivity index (χ1v) is 4.58. The zero-order valence-corrected chi connectivity index (χ0v) is 8.36. The van der Waals surface area contributed by atoms with Crippen molar-refractivity contribution in [3.63, 3.8) is 0 Å². The Hall–Kier alpha value is -1.30. The molecule has 0 bridgehead atoms. The van der Waals surface area contributed by atoms with Crippen molar-refractivity contribution in [1.29, 1.82) is 0 Å². The molecule has 0 saturated carbocycles. The molecule has 0 atom stereocenters. The molecule has 1 aromatic rings. The largest absolute Gasteiger partial charge is 0.481 e. The van der Waals surface area contributed by atoms with Crippen LogP contribution in [-0.4, -0.2) is 30.8 Å². The summed E-state index contributed by atoms with van der Waals surface area (Å²) in [4.78, 5) is 30.7. The predicted molar refractivity (Wildman–Crippen MR) is 48.8 cm³/mol. The minimum absolute atomic E-state index is 0.833. The first-order chi connectivity index (χ1) is 6.46. The van der Waals surface area contributed by atoms with Crippen LogP contribution in [0.2, 0.25) is 0 Å². The van der Waals surface area contributed by atoms with Gasteiger partial charge in [-0.05, 0) is 6.07 Å². The lowest BCUT2D eigenvalue weighted by Gasteiger charge is -1.70. The van der Waals surface area contributed by atoms with Crippen LogP contribution in [-0.2, 0) is 9.36 Å². The highest BCUT2D eigenvalue weighted by molar-refractivity contribution is 7.30. The number of aliphatic carboxylic acids is 1. The maximum Gasteiger partial charge on any atom is 0.314 e. The van der Waals surface area contributed by atoms with Crippen LogP contribution in [0.5, 0.6) is 0 Å². The van der Waals surface area contributed by atoms with E-state index >= 15 is 0 Å². The average Bonchev–Trinajstić information content (AvgIpc) is 2.05. The Labute approximate surface area is 81.0 Å². The number of hydrogen-bond donors (Lipinski definition) is 3. The normalized spacial score (nSPS) is 7.71. The summed E-state index contributed by atoms with van der Waals surface area (Å²) < 4.78 is 8.74. The Balaban J connectivity index is 0. The molecule has 0 unspecified atom stereocenters. The van der Waals surface area contributed by atoms with E-state index in [1.807, 2.05) is 0 Å². The molecule has 0 aromatic carbocycles. The molecule has 0 saturated heterocycles. The summed E-state index contributed by atoms with van der Waals surface area (Å²) in [6.45, 7) is 1.08. The maximum absolute atomic E-state index is 9.00.